The van der Waals surface area contributed by atoms with Crippen LogP contribution in [0.2, 0.25) is 0 Å². The second-order valence-electron chi connectivity index (χ2n) is 3.93. The summed E-state index contributed by atoms with van der Waals surface area (Å²) in [5, 5.41) is 0. The first kappa shape index (κ1) is 9.91. The molecule has 0 saturated heterocycles. The zero-order valence-electron chi connectivity index (χ0n) is 9.38. The molecule has 17 heavy (non-hydrogen) atoms. The summed E-state index contributed by atoms with van der Waals surface area (Å²) in [5.41, 5.74) is 3.54. The summed E-state index contributed by atoms with van der Waals surface area (Å²) < 4.78 is 2.02. The average molecular weight is 218 g/mol. The Balaban J connectivity index is 1.99. The van der Waals surface area contributed by atoms with Crippen molar-refractivity contribution in [1.29, 1.82) is 0 Å². The molecule has 3 aromatic rings. The Bertz CT molecular complexity index is 540. The lowest BCUT2D eigenvalue weighted by atomic mass is 10.1. The highest BCUT2D eigenvalue weighted by molar-refractivity contribution is 5.63. The second kappa shape index (κ2) is 4.30. The summed E-state index contributed by atoms with van der Waals surface area (Å²) >= 11 is 0. The molecule has 0 spiro atoms. The van der Waals surface area contributed by atoms with Crippen molar-refractivity contribution >= 4 is 0 Å². The van der Waals surface area contributed by atoms with Gasteiger partial charge in [0.15, 0.2) is 0 Å². The number of hydrogen-bond donors (Lipinski definition) is 0. The highest BCUT2D eigenvalue weighted by Crippen LogP contribution is 2.20. The molecule has 1 heterocycles. The Morgan fingerprint density at radius 1 is 0.706 bits per heavy atom. The summed E-state index contributed by atoms with van der Waals surface area (Å²) in [6, 6.07) is 22.6. The molecule has 0 aliphatic heterocycles. The zero-order chi connectivity index (χ0) is 11.5. The molecule has 0 N–H and O–H groups in total. The minimum absolute atomic E-state index is 1.13. The van der Waals surface area contributed by atoms with E-state index in [4.69, 9.17) is 0 Å². The molecule has 0 fully saturated rings. The van der Waals surface area contributed by atoms with Crippen LogP contribution in [0.1, 0.15) is 0 Å². The molecule has 1 nitrogen and oxygen atoms in total. The van der Waals surface area contributed by atoms with Gasteiger partial charge in [-0.05, 0) is 23.8 Å². The van der Waals surface area contributed by atoms with E-state index < -0.39 is 0 Å². The van der Waals surface area contributed by atoms with Crippen LogP contribution in [0.3, 0.4) is 0 Å². The fourth-order valence-electron chi connectivity index (χ4n) is 1.88. The zero-order valence-corrected chi connectivity index (χ0v) is 9.38. The highest BCUT2D eigenvalue weighted by atomic mass is 14.9. The third kappa shape index (κ3) is 2.00. The van der Waals surface area contributed by atoms with Gasteiger partial charge in [-0.1, -0.05) is 48.5 Å². The first-order valence-electron chi connectivity index (χ1n) is 5.64. The first-order valence-corrected chi connectivity index (χ1v) is 5.64. The lowest BCUT2D eigenvalue weighted by molar-refractivity contribution is 1.07. The van der Waals surface area contributed by atoms with Crippen LogP contribution in [-0.4, -0.2) is 4.57 Å². The summed E-state index contributed by atoms with van der Waals surface area (Å²) in [5.74, 6) is 0. The van der Waals surface area contributed by atoms with Gasteiger partial charge in [-0.3, -0.25) is 0 Å². The van der Waals surface area contributed by atoms with Gasteiger partial charge in [-0.25, -0.2) is 0 Å². The molecule has 0 saturated carbocycles. The molecule has 0 unspecified atom stereocenters. The van der Waals surface area contributed by atoms with Gasteiger partial charge in [-0.2, -0.15) is 0 Å². The molecule has 0 aliphatic carbocycles. The third-order valence-electron chi connectivity index (χ3n) is 2.77. The Labute approximate surface area is 101 Å². The van der Waals surface area contributed by atoms with Crippen LogP contribution in [-0.2, 0) is 0 Å². The van der Waals surface area contributed by atoms with Crippen LogP contribution in [0.15, 0.2) is 72.9 Å². The average Bonchev–Trinajstić information content (AvgIpc) is 2.90. The highest BCUT2D eigenvalue weighted by Gasteiger charge is 2.00. The SMILES string of the molecule is [c]1cc(-c2ccccc2)cn1-c1ccccc1. The number of benzene rings is 2. The van der Waals surface area contributed by atoms with E-state index in [0.29, 0.717) is 0 Å². The lowest BCUT2D eigenvalue weighted by Crippen LogP contribution is -1.88. The molecule has 1 radical (unpaired) electrons. The summed E-state index contributed by atoms with van der Waals surface area (Å²) in [7, 11) is 0. The third-order valence-corrected chi connectivity index (χ3v) is 2.77. The van der Waals surface area contributed by atoms with Gasteiger partial charge in [0.05, 0.1) is 6.20 Å². The van der Waals surface area contributed by atoms with Crippen molar-refractivity contribution in [3.63, 3.8) is 0 Å². The van der Waals surface area contributed by atoms with E-state index in [-0.39, 0.29) is 0 Å². The van der Waals surface area contributed by atoms with Crippen molar-refractivity contribution in [2.24, 2.45) is 0 Å². The fourth-order valence-corrected chi connectivity index (χ4v) is 1.88. The predicted molar refractivity (Wildman–Crippen MR) is 70.0 cm³/mol. The molecular formula is C16H12N. The van der Waals surface area contributed by atoms with E-state index in [1.165, 1.54) is 11.1 Å². The monoisotopic (exact) mass is 218 g/mol. The van der Waals surface area contributed by atoms with E-state index in [0.717, 1.165) is 5.69 Å². The normalized spacial score (nSPS) is 10.4. The Morgan fingerprint density at radius 2 is 1.35 bits per heavy atom. The summed E-state index contributed by atoms with van der Waals surface area (Å²) in [4.78, 5) is 0. The summed E-state index contributed by atoms with van der Waals surface area (Å²) in [6.45, 7) is 0. The van der Waals surface area contributed by atoms with Crippen molar-refractivity contribution in [2.45, 2.75) is 0 Å². The van der Waals surface area contributed by atoms with E-state index in [9.17, 15) is 0 Å². The van der Waals surface area contributed by atoms with Gasteiger partial charge in [-0.15, -0.1) is 0 Å². The van der Waals surface area contributed by atoms with Crippen molar-refractivity contribution in [3.05, 3.63) is 79.1 Å². The maximum Gasteiger partial charge on any atom is 0.0703 e. The standard InChI is InChI=1S/C16H12N/c1-3-7-14(8-4-1)15-11-12-17(13-15)16-9-5-2-6-10-16/h1-11,13H. The molecule has 2 aromatic carbocycles. The minimum Gasteiger partial charge on any atom is -0.315 e. The molecule has 0 bridgehead atoms. The largest absolute Gasteiger partial charge is 0.315 e. The molecule has 3 rings (SSSR count). The van der Waals surface area contributed by atoms with Crippen molar-refractivity contribution in [1.82, 2.24) is 4.57 Å². The first-order chi connectivity index (χ1) is 8.43. The van der Waals surface area contributed by atoms with Gasteiger partial charge in [0.1, 0.15) is 0 Å². The summed E-state index contributed by atoms with van der Waals surface area (Å²) in [6.07, 6.45) is 5.34. The van der Waals surface area contributed by atoms with Gasteiger partial charge < -0.3 is 4.57 Å². The molecule has 0 aliphatic rings. The van der Waals surface area contributed by atoms with Crippen LogP contribution >= 0.6 is 0 Å². The van der Waals surface area contributed by atoms with Crippen LogP contribution < -0.4 is 0 Å². The van der Waals surface area contributed by atoms with Crippen LogP contribution in [0.5, 0.6) is 0 Å². The van der Waals surface area contributed by atoms with E-state index in [2.05, 4.69) is 48.8 Å². The van der Waals surface area contributed by atoms with E-state index >= 15 is 0 Å². The maximum absolute atomic E-state index is 3.24. The smallest absolute Gasteiger partial charge is 0.0703 e. The molecular weight excluding hydrogens is 206 g/mol. The van der Waals surface area contributed by atoms with Gasteiger partial charge in [0.25, 0.3) is 0 Å². The number of nitrogens with zero attached hydrogens (tertiary/aromatic N) is 1. The topological polar surface area (TPSA) is 4.93 Å². The Hall–Kier alpha value is -2.28. The Kier molecular flexibility index (Phi) is 2.51. The van der Waals surface area contributed by atoms with Crippen LogP contribution in [0.4, 0.5) is 0 Å². The molecule has 0 atom stereocenters. The fraction of sp³-hybridized carbons (Fsp3) is 0. The van der Waals surface area contributed by atoms with Gasteiger partial charge in [0, 0.05) is 17.4 Å². The predicted octanol–water partition coefficient (Wildman–Crippen LogP) is 3.94. The van der Waals surface area contributed by atoms with Crippen molar-refractivity contribution < 1.29 is 0 Å². The minimum atomic E-state index is 1.13. The van der Waals surface area contributed by atoms with Crippen molar-refractivity contribution in [3.8, 4) is 16.8 Å². The number of para-hydroxylation sites is 1. The number of rotatable bonds is 2. The van der Waals surface area contributed by atoms with Crippen LogP contribution in [0, 0.1) is 6.20 Å². The van der Waals surface area contributed by atoms with Gasteiger partial charge >= 0.3 is 0 Å². The lowest BCUT2D eigenvalue weighted by Gasteiger charge is -2.00. The molecule has 1 aromatic heterocycles. The van der Waals surface area contributed by atoms with E-state index in [1.807, 2.05) is 34.9 Å². The number of hydrogen-bond acceptors (Lipinski definition) is 0. The quantitative estimate of drug-likeness (QED) is 0.614. The molecule has 1 heteroatoms. The second-order valence-corrected chi connectivity index (χ2v) is 3.93. The van der Waals surface area contributed by atoms with E-state index in [1.54, 1.807) is 0 Å². The molecule has 81 valence electrons. The maximum atomic E-state index is 3.24. The van der Waals surface area contributed by atoms with Gasteiger partial charge in [0.2, 0.25) is 0 Å². The van der Waals surface area contributed by atoms with Crippen molar-refractivity contribution in [2.75, 3.05) is 0 Å². The van der Waals surface area contributed by atoms with Crippen LogP contribution in [0.25, 0.3) is 16.8 Å². The number of aromatic nitrogens is 1. The molecule has 0 amide bonds. The Morgan fingerprint density at radius 3 is 2.06 bits per heavy atom.